The Hall–Kier alpha value is -7.39. The highest BCUT2D eigenvalue weighted by atomic mass is 32.2. The van der Waals surface area contributed by atoms with Crippen LogP contribution < -0.4 is 82.3 Å². The summed E-state index contributed by atoms with van der Waals surface area (Å²) in [6.07, 6.45) is -0.00837. The van der Waals surface area contributed by atoms with E-state index in [9.17, 15) is 77.6 Å². The number of primary amides is 1. The zero-order valence-electron chi connectivity index (χ0n) is 47.4. The predicted molar refractivity (Wildman–Crippen MR) is 300 cm³/mol. The molecule has 0 saturated carbocycles. The van der Waals surface area contributed by atoms with Crippen LogP contribution in [0.15, 0.2) is 4.99 Å². The van der Waals surface area contributed by atoms with Gasteiger partial charge < -0.3 is 97.6 Å². The first-order valence-electron chi connectivity index (χ1n) is 26.8. The van der Waals surface area contributed by atoms with Gasteiger partial charge in [0, 0.05) is 6.54 Å². The van der Waals surface area contributed by atoms with Crippen molar-refractivity contribution in [2.24, 2.45) is 51.2 Å². The van der Waals surface area contributed by atoms with E-state index in [2.05, 4.69) is 52.8 Å². The van der Waals surface area contributed by atoms with Crippen LogP contribution in [0.2, 0.25) is 0 Å². The van der Waals surface area contributed by atoms with Crippen molar-refractivity contribution in [1.29, 1.82) is 0 Å². The molecule has 0 bridgehead atoms. The molecule has 0 aromatic heterocycles. The first-order valence-corrected chi connectivity index (χ1v) is 28.2. The highest BCUT2D eigenvalue weighted by molar-refractivity contribution is 7.98. The van der Waals surface area contributed by atoms with Gasteiger partial charge in [-0.15, -0.1) is 0 Å². The second-order valence-corrected chi connectivity index (χ2v) is 21.1. The Bertz CT molecular complexity index is 2200. The Morgan fingerprint density at radius 2 is 0.854 bits per heavy atom. The lowest BCUT2D eigenvalue weighted by atomic mass is 10.0. The molecule has 10 atom stereocenters. The van der Waals surface area contributed by atoms with Crippen molar-refractivity contribution in [3.63, 3.8) is 0 Å². The number of unbranched alkanes of at least 4 members (excludes halogenated alkanes) is 2. The van der Waals surface area contributed by atoms with Gasteiger partial charge in [-0.1, -0.05) is 27.7 Å². The van der Waals surface area contributed by atoms with Gasteiger partial charge in [0.2, 0.25) is 59.1 Å². The molecule has 0 aliphatic heterocycles. The van der Waals surface area contributed by atoms with Crippen molar-refractivity contribution < 1.29 is 77.6 Å². The summed E-state index contributed by atoms with van der Waals surface area (Å²) in [7, 11) is 0. The molecule has 0 unspecified atom stereocenters. The van der Waals surface area contributed by atoms with Crippen LogP contribution in [-0.4, -0.2) is 190 Å². The first-order chi connectivity index (χ1) is 38.4. The number of carboxylic acid groups (broad SMARTS) is 3. The van der Waals surface area contributed by atoms with Crippen molar-refractivity contribution in [2.45, 2.75) is 179 Å². The van der Waals surface area contributed by atoms with Gasteiger partial charge in [0.05, 0.1) is 25.3 Å². The fraction of sp³-hybridized carbons (Fsp3) is 0.714. The molecule has 33 heteroatoms. The summed E-state index contributed by atoms with van der Waals surface area (Å²) >= 11 is 1.26. The highest BCUT2D eigenvalue weighted by Crippen LogP contribution is 2.12. The van der Waals surface area contributed by atoms with E-state index in [1.807, 2.05) is 13.8 Å². The van der Waals surface area contributed by atoms with Crippen molar-refractivity contribution in [3.8, 4) is 0 Å². The number of nitrogens with one attached hydrogen (secondary N) is 9. The second-order valence-electron chi connectivity index (χ2n) is 20.1. The number of carbonyl (C=O) groups is 13. The number of carbonyl (C=O) groups excluding carboxylic acids is 10. The Kier molecular flexibility index (Phi) is 36.3. The standard InChI is InChI=1S/C49H88N16O16S/c1-24(2)20-27(52)40(72)62-32(22-36(67)68)45(77)57-26(5)39(71)65-38(25(3)4)47(79)61-29(13-8-10-17-51)42(74)60-31(15-19-82-6)44(76)63-33(23-37(69)70)46(78)59-28(12-7-9-16-50)41(73)58-30(14-11-18-56-49(54)55)43(75)64-34(48(80)81)21-35(53)66/h24-34,38H,7-23,50-52H2,1-6H3,(H2,53,66)(H,57,77)(H,58,73)(H,59,78)(H,60,74)(H,61,79)(H,62,72)(H,63,76)(H,64,75)(H,65,71)(H,67,68)(H,69,70)(H,80,81)(H4,54,55,56)/t26-,27-,28-,29-,30-,31-,32-,33-,34-,38-/m0/s1. The average molecular weight is 1190 g/mol. The molecule has 466 valence electrons. The topological polar surface area (TPSA) is 559 Å². The summed E-state index contributed by atoms with van der Waals surface area (Å²) in [5.74, 6) is -15.2. The van der Waals surface area contributed by atoms with E-state index in [4.69, 9.17) is 34.4 Å². The van der Waals surface area contributed by atoms with E-state index >= 15 is 0 Å². The molecule has 0 saturated heterocycles. The number of aliphatic imine (C=N–C) groups is 1. The second kappa shape index (κ2) is 39.9. The van der Waals surface area contributed by atoms with Crippen LogP contribution in [0.3, 0.4) is 0 Å². The molecule has 32 nitrogen and oxygen atoms in total. The van der Waals surface area contributed by atoms with E-state index in [0.717, 1.165) is 0 Å². The summed E-state index contributed by atoms with van der Waals surface area (Å²) in [5.41, 5.74) is 33.2. The fourth-order valence-corrected chi connectivity index (χ4v) is 8.15. The minimum Gasteiger partial charge on any atom is -0.481 e. The summed E-state index contributed by atoms with van der Waals surface area (Å²) in [5, 5.41) is 50.6. The maximum Gasteiger partial charge on any atom is 0.326 e. The van der Waals surface area contributed by atoms with Gasteiger partial charge in [-0.05, 0) is 108 Å². The van der Waals surface area contributed by atoms with Crippen LogP contribution in [-0.2, 0) is 62.3 Å². The van der Waals surface area contributed by atoms with Gasteiger partial charge in [0.25, 0.3) is 0 Å². The zero-order valence-corrected chi connectivity index (χ0v) is 48.2. The Morgan fingerprint density at radius 1 is 0.463 bits per heavy atom. The molecule has 0 aromatic rings. The third kappa shape index (κ3) is 31.0. The number of aliphatic carboxylic acids is 3. The van der Waals surface area contributed by atoms with Gasteiger partial charge >= 0.3 is 17.9 Å². The molecule has 0 fully saturated rings. The molecular weight excluding hydrogens is 1100 g/mol. The lowest BCUT2D eigenvalue weighted by Gasteiger charge is -2.28. The third-order valence-electron chi connectivity index (χ3n) is 12.1. The van der Waals surface area contributed by atoms with Gasteiger partial charge in [-0.3, -0.25) is 62.5 Å². The molecule has 0 aromatic carbocycles. The fourth-order valence-electron chi connectivity index (χ4n) is 7.68. The summed E-state index contributed by atoms with van der Waals surface area (Å²) < 4.78 is 0. The molecule has 24 N–H and O–H groups in total. The van der Waals surface area contributed by atoms with Crippen molar-refractivity contribution in [1.82, 2.24) is 47.9 Å². The molecule has 0 rings (SSSR count). The average Bonchev–Trinajstić information content (AvgIpc) is 3.38. The van der Waals surface area contributed by atoms with Crippen LogP contribution >= 0.6 is 11.8 Å². The van der Waals surface area contributed by atoms with Crippen molar-refractivity contribution >= 4 is 94.7 Å². The van der Waals surface area contributed by atoms with E-state index in [1.54, 1.807) is 20.1 Å². The number of carboxylic acids is 3. The number of amides is 10. The largest absolute Gasteiger partial charge is 0.481 e. The third-order valence-corrected chi connectivity index (χ3v) is 12.7. The maximum atomic E-state index is 14.2. The highest BCUT2D eigenvalue weighted by Gasteiger charge is 2.36. The first kappa shape index (κ1) is 74.6. The minimum absolute atomic E-state index is 0.000438. The van der Waals surface area contributed by atoms with E-state index < -0.39 is 163 Å². The summed E-state index contributed by atoms with van der Waals surface area (Å²) in [6, 6.07) is -15.0. The zero-order chi connectivity index (χ0) is 62.8. The lowest BCUT2D eigenvalue weighted by molar-refractivity contribution is -0.144. The number of nitrogens with two attached hydrogens (primary N) is 6. The van der Waals surface area contributed by atoms with Gasteiger partial charge in [0.15, 0.2) is 5.96 Å². The predicted octanol–water partition coefficient (Wildman–Crippen LogP) is -5.63. The normalized spacial score (nSPS) is 14.7. The smallest absolute Gasteiger partial charge is 0.326 e. The van der Waals surface area contributed by atoms with Gasteiger partial charge in [-0.2, -0.15) is 11.8 Å². The summed E-state index contributed by atoms with van der Waals surface area (Å²) in [4.78, 5) is 174. The van der Waals surface area contributed by atoms with Gasteiger partial charge in [0.1, 0.15) is 54.4 Å². The molecule has 0 radical (unpaired) electrons. The van der Waals surface area contributed by atoms with Crippen LogP contribution in [0.5, 0.6) is 0 Å². The quantitative estimate of drug-likeness (QED) is 0.0154. The lowest BCUT2D eigenvalue weighted by Crippen LogP contribution is -2.61. The van der Waals surface area contributed by atoms with E-state index in [-0.39, 0.29) is 88.6 Å². The van der Waals surface area contributed by atoms with Crippen LogP contribution in [0.1, 0.15) is 118 Å². The molecule has 0 spiro atoms. The molecule has 0 aliphatic carbocycles. The Morgan fingerprint density at radius 3 is 1.24 bits per heavy atom. The van der Waals surface area contributed by atoms with Crippen LogP contribution in [0, 0.1) is 11.8 Å². The number of guanidine groups is 1. The number of hydrogen-bond acceptors (Lipinski definition) is 18. The van der Waals surface area contributed by atoms with Crippen molar-refractivity contribution in [3.05, 3.63) is 0 Å². The monoisotopic (exact) mass is 1190 g/mol. The molecular formula is C49H88N16O16S. The maximum absolute atomic E-state index is 14.2. The minimum atomic E-state index is -1.90. The van der Waals surface area contributed by atoms with Gasteiger partial charge in [-0.25, -0.2) is 4.79 Å². The van der Waals surface area contributed by atoms with Crippen LogP contribution in [0.25, 0.3) is 0 Å². The summed E-state index contributed by atoms with van der Waals surface area (Å²) in [6.45, 7) is 8.32. The molecule has 0 aliphatic rings. The van der Waals surface area contributed by atoms with Crippen molar-refractivity contribution in [2.75, 3.05) is 31.6 Å². The molecule has 82 heavy (non-hydrogen) atoms. The van der Waals surface area contributed by atoms with E-state index in [0.29, 0.717) is 12.8 Å². The Balaban J connectivity index is 6.73. The molecule has 10 amide bonds. The number of thioether (sulfide) groups is 1. The van der Waals surface area contributed by atoms with Crippen LogP contribution in [0.4, 0.5) is 0 Å². The number of rotatable bonds is 43. The number of hydrogen-bond donors (Lipinski definition) is 18. The molecule has 0 heterocycles. The SMILES string of the molecule is CSCC[C@H](NC(=O)[C@H](CCCCN)NC(=O)[C@@H](NC(=O)[C@H](C)NC(=O)[C@H](CC(=O)O)NC(=O)[C@@H](N)CC(C)C)C(C)C)C(=O)N[C@@H](CC(=O)O)C(=O)N[C@@H](CCCCN)C(=O)N[C@@H](CCCN=C(N)N)C(=O)N[C@@H](CC(N)=O)C(=O)O. The number of nitrogens with zero attached hydrogens (tertiary/aromatic N) is 1. The Labute approximate surface area is 480 Å². The van der Waals surface area contributed by atoms with E-state index in [1.165, 1.54) is 18.7 Å².